The first-order valence-corrected chi connectivity index (χ1v) is 4.44. The molecule has 0 aliphatic rings. The molecule has 6 nitrogen and oxygen atoms in total. The van der Waals surface area contributed by atoms with Crippen molar-refractivity contribution in [2.75, 3.05) is 0 Å². The van der Waals surface area contributed by atoms with E-state index in [0.717, 1.165) is 0 Å². The molecule has 0 saturated carbocycles. The van der Waals surface area contributed by atoms with E-state index in [4.69, 9.17) is 0 Å². The van der Waals surface area contributed by atoms with Crippen molar-refractivity contribution in [1.29, 1.82) is 0 Å². The Bertz CT molecular complexity index is 526. The smallest absolute Gasteiger partial charge is 0.390 e. The average Bonchev–Trinajstić information content (AvgIpc) is 2.69. The van der Waals surface area contributed by atoms with Crippen LogP contribution in [0.1, 0.15) is 5.56 Å². The van der Waals surface area contributed by atoms with Crippen molar-refractivity contribution in [2.24, 2.45) is 0 Å². The van der Waals surface area contributed by atoms with Gasteiger partial charge in [-0.1, -0.05) is 18.2 Å². The lowest BCUT2D eigenvalue weighted by atomic mass is 10.2. The molecular weight excluding hydrogens is 215 g/mol. The van der Waals surface area contributed by atoms with Crippen LogP contribution >= 0.6 is 0 Å². The van der Waals surface area contributed by atoms with Crippen LogP contribution < -0.4 is 0 Å². The molecule has 1 heterocycles. The van der Waals surface area contributed by atoms with E-state index in [1.165, 1.54) is 17.0 Å². The maximum absolute atomic E-state index is 13.3. The van der Waals surface area contributed by atoms with Gasteiger partial charge in [-0.25, -0.2) is 8.96 Å². The molecule has 0 aliphatic heterocycles. The number of benzene rings is 1. The van der Waals surface area contributed by atoms with Crippen LogP contribution in [0.5, 0.6) is 0 Å². The SMILES string of the molecule is O=[N+]([O-])c1nncn1Cc1ccccc1F. The largest absolute Gasteiger partial charge is 0.458 e. The second kappa shape index (κ2) is 4.05. The summed E-state index contributed by atoms with van der Waals surface area (Å²) < 4.78 is 14.5. The standard InChI is InChI=1S/C9H7FN4O2/c10-8-4-2-1-3-7(8)5-13-6-11-12-9(13)14(15)16/h1-4,6H,5H2. The number of halogens is 1. The molecule has 0 radical (unpaired) electrons. The van der Waals surface area contributed by atoms with E-state index >= 15 is 0 Å². The van der Waals surface area contributed by atoms with Crippen LogP contribution in [-0.2, 0) is 6.54 Å². The summed E-state index contributed by atoms with van der Waals surface area (Å²) in [6.07, 6.45) is 1.20. The molecule has 0 unspecified atom stereocenters. The lowest BCUT2D eigenvalue weighted by Gasteiger charge is -2.01. The zero-order chi connectivity index (χ0) is 11.5. The van der Waals surface area contributed by atoms with Gasteiger partial charge in [-0.05, 0) is 16.1 Å². The number of nitrogens with zero attached hydrogens (tertiary/aromatic N) is 4. The maximum Gasteiger partial charge on any atom is 0.458 e. The average molecular weight is 222 g/mol. The summed E-state index contributed by atoms with van der Waals surface area (Å²) in [7, 11) is 0. The number of aromatic nitrogens is 3. The van der Waals surface area contributed by atoms with Gasteiger partial charge in [0.15, 0.2) is 6.33 Å². The lowest BCUT2D eigenvalue weighted by Crippen LogP contribution is -2.05. The molecule has 1 aromatic carbocycles. The highest BCUT2D eigenvalue weighted by Crippen LogP contribution is 2.12. The molecule has 82 valence electrons. The Labute approximate surface area is 89.5 Å². The minimum Gasteiger partial charge on any atom is -0.390 e. The Morgan fingerprint density at radius 1 is 1.44 bits per heavy atom. The van der Waals surface area contributed by atoms with Crippen molar-refractivity contribution in [3.63, 3.8) is 0 Å². The Kier molecular flexibility index (Phi) is 2.59. The van der Waals surface area contributed by atoms with Crippen LogP contribution in [0.2, 0.25) is 0 Å². The molecule has 0 N–H and O–H groups in total. The van der Waals surface area contributed by atoms with Gasteiger partial charge >= 0.3 is 5.95 Å². The predicted molar refractivity (Wildman–Crippen MR) is 52.2 cm³/mol. The van der Waals surface area contributed by atoms with Gasteiger partial charge in [0, 0.05) is 5.56 Å². The normalized spacial score (nSPS) is 10.3. The van der Waals surface area contributed by atoms with E-state index in [1.807, 2.05) is 0 Å². The summed E-state index contributed by atoms with van der Waals surface area (Å²) in [5.41, 5.74) is 0.352. The van der Waals surface area contributed by atoms with Crippen molar-refractivity contribution in [3.05, 3.63) is 52.1 Å². The van der Waals surface area contributed by atoms with Gasteiger partial charge in [0.1, 0.15) is 12.4 Å². The molecule has 0 spiro atoms. The van der Waals surface area contributed by atoms with Crippen LogP contribution in [0.25, 0.3) is 0 Å². The van der Waals surface area contributed by atoms with Crippen LogP contribution in [0, 0.1) is 15.9 Å². The number of hydrogen-bond acceptors (Lipinski definition) is 4. The lowest BCUT2D eigenvalue weighted by molar-refractivity contribution is -0.396. The zero-order valence-electron chi connectivity index (χ0n) is 8.08. The molecule has 1 aromatic heterocycles. The number of rotatable bonds is 3. The summed E-state index contributed by atoms with van der Waals surface area (Å²) in [4.78, 5) is 9.89. The molecular formula is C9H7FN4O2. The quantitative estimate of drug-likeness (QED) is 0.580. The van der Waals surface area contributed by atoms with Gasteiger partial charge in [-0.15, -0.1) is 0 Å². The van der Waals surface area contributed by atoms with Crippen LogP contribution in [0.15, 0.2) is 30.6 Å². The third-order valence-electron chi connectivity index (χ3n) is 2.06. The van der Waals surface area contributed by atoms with E-state index in [9.17, 15) is 14.5 Å². The van der Waals surface area contributed by atoms with Gasteiger partial charge in [-0.3, -0.25) is 0 Å². The van der Waals surface area contributed by atoms with E-state index in [-0.39, 0.29) is 6.54 Å². The van der Waals surface area contributed by atoms with Gasteiger partial charge in [0.05, 0.1) is 5.10 Å². The third kappa shape index (κ3) is 1.88. The Hall–Kier alpha value is -2.31. The first-order chi connectivity index (χ1) is 7.68. The van der Waals surface area contributed by atoms with Crippen molar-refractivity contribution in [1.82, 2.24) is 14.8 Å². The summed E-state index contributed by atoms with van der Waals surface area (Å²) in [5.74, 6) is -0.811. The fourth-order valence-electron chi connectivity index (χ4n) is 1.31. The molecule has 7 heteroatoms. The Morgan fingerprint density at radius 3 is 2.88 bits per heavy atom. The minimum atomic E-state index is -0.659. The summed E-state index contributed by atoms with van der Waals surface area (Å²) in [6.45, 7) is 0.0377. The van der Waals surface area contributed by atoms with Crippen molar-refractivity contribution >= 4 is 5.95 Å². The molecule has 2 aromatic rings. The fourth-order valence-corrected chi connectivity index (χ4v) is 1.31. The second-order valence-corrected chi connectivity index (χ2v) is 3.11. The van der Waals surface area contributed by atoms with Crippen molar-refractivity contribution in [2.45, 2.75) is 6.54 Å². The molecule has 0 saturated heterocycles. The maximum atomic E-state index is 13.3. The molecule has 0 bridgehead atoms. The van der Waals surface area contributed by atoms with Crippen molar-refractivity contribution < 1.29 is 9.31 Å². The highest BCUT2D eigenvalue weighted by molar-refractivity contribution is 5.19. The topological polar surface area (TPSA) is 73.8 Å². The number of hydrogen-bond donors (Lipinski definition) is 0. The highest BCUT2D eigenvalue weighted by Gasteiger charge is 2.16. The predicted octanol–water partition coefficient (Wildman–Crippen LogP) is 1.37. The van der Waals surface area contributed by atoms with E-state index in [0.29, 0.717) is 5.56 Å². The minimum absolute atomic E-state index is 0.0377. The Morgan fingerprint density at radius 2 is 2.19 bits per heavy atom. The Balaban J connectivity index is 2.31. The van der Waals surface area contributed by atoms with Crippen LogP contribution in [0.4, 0.5) is 10.3 Å². The van der Waals surface area contributed by atoms with Gasteiger partial charge < -0.3 is 10.1 Å². The molecule has 2 rings (SSSR count). The van der Waals surface area contributed by atoms with E-state index in [2.05, 4.69) is 10.2 Å². The highest BCUT2D eigenvalue weighted by atomic mass is 19.1. The molecule has 0 amide bonds. The summed E-state index contributed by atoms with van der Waals surface area (Å²) in [6, 6.07) is 6.07. The zero-order valence-corrected chi connectivity index (χ0v) is 8.08. The molecule has 0 fully saturated rings. The summed E-state index contributed by atoms with van der Waals surface area (Å²) in [5, 5.41) is 17.3. The molecule has 0 atom stereocenters. The van der Waals surface area contributed by atoms with Crippen molar-refractivity contribution in [3.8, 4) is 0 Å². The van der Waals surface area contributed by atoms with Crippen LogP contribution in [-0.4, -0.2) is 19.7 Å². The van der Waals surface area contributed by atoms with Crippen LogP contribution in [0.3, 0.4) is 0 Å². The second-order valence-electron chi connectivity index (χ2n) is 3.11. The molecule has 0 aliphatic carbocycles. The monoisotopic (exact) mass is 222 g/mol. The summed E-state index contributed by atoms with van der Waals surface area (Å²) >= 11 is 0. The number of nitro groups is 1. The first kappa shape index (κ1) is 10.2. The van der Waals surface area contributed by atoms with Gasteiger partial charge in [-0.2, -0.15) is 0 Å². The third-order valence-corrected chi connectivity index (χ3v) is 2.06. The van der Waals surface area contributed by atoms with Gasteiger partial charge in [0.25, 0.3) is 0 Å². The van der Waals surface area contributed by atoms with Gasteiger partial charge in [0.2, 0.25) is 0 Å². The molecule has 16 heavy (non-hydrogen) atoms. The van der Waals surface area contributed by atoms with E-state index < -0.39 is 16.7 Å². The fraction of sp³-hybridized carbons (Fsp3) is 0.111. The van der Waals surface area contributed by atoms with E-state index in [1.54, 1.807) is 18.2 Å². The first-order valence-electron chi connectivity index (χ1n) is 4.44.